The van der Waals surface area contributed by atoms with Gasteiger partial charge in [-0.1, -0.05) is 35.0 Å². The minimum absolute atomic E-state index is 0.0183. The number of benzene rings is 2. The van der Waals surface area contributed by atoms with Crippen LogP contribution in [0.5, 0.6) is 0 Å². The summed E-state index contributed by atoms with van der Waals surface area (Å²) in [6.07, 6.45) is 0. The molecule has 0 aliphatic carbocycles. The number of nitrogens with zero attached hydrogens (tertiary/aromatic N) is 5. The van der Waals surface area contributed by atoms with E-state index in [-0.39, 0.29) is 17.6 Å². The van der Waals surface area contributed by atoms with Gasteiger partial charge in [0.25, 0.3) is 11.6 Å². The van der Waals surface area contributed by atoms with Gasteiger partial charge >= 0.3 is 0 Å². The van der Waals surface area contributed by atoms with Gasteiger partial charge in [0.15, 0.2) is 0 Å². The van der Waals surface area contributed by atoms with Gasteiger partial charge in [0.2, 0.25) is 11.7 Å². The van der Waals surface area contributed by atoms with Crippen LogP contribution in [-0.2, 0) is 0 Å². The van der Waals surface area contributed by atoms with Gasteiger partial charge < -0.3 is 9.42 Å². The minimum Gasteiger partial charge on any atom is -0.337 e. The van der Waals surface area contributed by atoms with Crippen molar-refractivity contribution in [2.24, 2.45) is 0 Å². The first kappa shape index (κ1) is 21.6. The number of piperazine rings is 1. The third-order valence-electron chi connectivity index (χ3n) is 5.90. The van der Waals surface area contributed by atoms with Crippen molar-refractivity contribution in [2.45, 2.75) is 26.8 Å². The van der Waals surface area contributed by atoms with Crippen molar-refractivity contribution < 1.29 is 14.2 Å². The summed E-state index contributed by atoms with van der Waals surface area (Å²) in [5, 5.41) is 15.1. The summed E-state index contributed by atoms with van der Waals surface area (Å²) in [4.78, 5) is 32.0. The summed E-state index contributed by atoms with van der Waals surface area (Å²) in [6.45, 7) is 8.13. The number of nitro groups is 1. The minimum atomic E-state index is -0.439. The van der Waals surface area contributed by atoms with E-state index >= 15 is 0 Å². The maximum absolute atomic E-state index is 12.9. The molecule has 0 radical (unpaired) electrons. The van der Waals surface area contributed by atoms with Gasteiger partial charge in [0.1, 0.15) is 0 Å². The zero-order valence-corrected chi connectivity index (χ0v) is 18.3. The Bertz CT molecular complexity index is 1130. The van der Waals surface area contributed by atoms with Crippen molar-refractivity contribution in [1.82, 2.24) is 19.9 Å². The number of aromatic nitrogens is 2. The topological polar surface area (TPSA) is 106 Å². The van der Waals surface area contributed by atoms with Crippen LogP contribution < -0.4 is 0 Å². The molecule has 166 valence electrons. The number of carbonyl (C=O) groups is 1. The first-order valence-electron chi connectivity index (χ1n) is 10.5. The highest BCUT2D eigenvalue weighted by Crippen LogP contribution is 2.25. The molecule has 1 saturated heterocycles. The summed E-state index contributed by atoms with van der Waals surface area (Å²) < 4.78 is 5.51. The van der Waals surface area contributed by atoms with E-state index in [0.29, 0.717) is 49.0 Å². The summed E-state index contributed by atoms with van der Waals surface area (Å²) >= 11 is 0. The van der Waals surface area contributed by atoms with E-state index in [1.807, 2.05) is 38.1 Å². The number of aryl methyl sites for hydroxylation is 2. The van der Waals surface area contributed by atoms with Gasteiger partial charge in [0, 0.05) is 48.9 Å². The Morgan fingerprint density at radius 3 is 2.41 bits per heavy atom. The second-order valence-electron chi connectivity index (χ2n) is 8.08. The Kier molecular flexibility index (Phi) is 6.00. The van der Waals surface area contributed by atoms with Crippen molar-refractivity contribution in [3.8, 4) is 11.4 Å². The fourth-order valence-electron chi connectivity index (χ4n) is 3.87. The summed E-state index contributed by atoms with van der Waals surface area (Å²) in [5.41, 5.74) is 3.04. The molecule has 1 aromatic heterocycles. The van der Waals surface area contributed by atoms with Crippen LogP contribution in [0.1, 0.15) is 40.3 Å². The third-order valence-corrected chi connectivity index (χ3v) is 5.90. The van der Waals surface area contributed by atoms with Crippen molar-refractivity contribution in [3.63, 3.8) is 0 Å². The molecule has 0 bridgehead atoms. The van der Waals surface area contributed by atoms with Gasteiger partial charge in [-0.2, -0.15) is 4.98 Å². The van der Waals surface area contributed by atoms with E-state index in [9.17, 15) is 14.9 Å². The summed E-state index contributed by atoms with van der Waals surface area (Å²) in [6, 6.07) is 12.4. The third kappa shape index (κ3) is 4.38. The van der Waals surface area contributed by atoms with Gasteiger partial charge in [-0.05, 0) is 32.9 Å². The van der Waals surface area contributed by atoms with E-state index in [1.54, 1.807) is 17.9 Å². The van der Waals surface area contributed by atoms with Crippen LogP contribution in [0.25, 0.3) is 11.4 Å². The molecule has 0 spiro atoms. The number of hydrogen-bond donors (Lipinski definition) is 0. The molecule has 1 atom stereocenters. The van der Waals surface area contributed by atoms with Crippen LogP contribution in [0, 0.1) is 24.0 Å². The van der Waals surface area contributed by atoms with Crippen molar-refractivity contribution in [2.75, 3.05) is 26.2 Å². The molecular formula is C23H25N5O4. The molecule has 4 rings (SSSR count). The Morgan fingerprint density at radius 1 is 1.09 bits per heavy atom. The van der Waals surface area contributed by atoms with Crippen LogP contribution in [0.3, 0.4) is 0 Å². The SMILES string of the molecule is Cc1ccc(-c2noc(C(C)N3CCN(C(=O)c4ccc([N+](=O)[O-])c(C)c4)CC3)n2)cc1. The lowest BCUT2D eigenvalue weighted by Crippen LogP contribution is -2.49. The van der Waals surface area contributed by atoms with Crippen LogP contribution in [0.15, 0.2) is 47.0 Å². The maximum atomic E-state index is 12.9. The highest BCUT2D eigenvalue weighted by Gasteiger charge is 2.28. The molecule has 1 fully saturated rings. The van der Waals surface area contributed by atoms with Gasteiger partial charge in [-0.25, -0.2) is 0 Å². The molecular weight excluding hydrogens is 410 g/mol. The lowest BCUT2D eigenvalue weighted by Gasteiger charge is -2.36. The summed E-state index contributed by atoms with van der Waals surface area (Å²) in [5.74, 6) is 0.996. The first-order valence-corrected chi connectivity index (χ1v) is 10.5. The first-order chi connectivity index (χ1) is 15.3. The normalized spacial score (nSPS) is 15.5. The Balaban J connectivity index is 1.38. The Morgan fingerprint density at radius 2 is 1.78 bits per heavy atom. The maximum Gasteiger partial charge on any atom is 0.272 e. The van der Waals surface area contributed by atoms with E-state index in [2.05, 4.69) is 15.0 Å². The van der Waals surface area contributed by atoms with Crippen molar-refractivity contribution in [3.05, 3.63) is 75.2 Å². The molecule has 1 aliphatic rings. The molecule has 1 unspecified atom stereocenters. The summed E-state index contributed by atoms with van der Waals surface area (Å²) in [7, 11) is 0. The molecule has 1 aliphatic heterocycles. The van der Waals surface area contributed by atoms with Gasteiger partial charge in [-0.3, -0.25) is 19.8 Å². The molecule has 2 heterocycles. The molecule has 0 N–H and O–H groups in total. The number of nitro benzene ring substituents is 1. The van der Waals surface area contributed by atoms with E-state index in [1.165, 1.54) is 17.7 Å². The Hall–Kier alpha value is -3.59. The number of amides is 1. The molecule has 9 heteroatoms. The smallest absolute Gasteiger partial charge is 0.272 e. The lowest BCUT2D eigenvalue weighted by atomic mass is 10.1. The Labute approximate surface area is 185 Å². The van der Waals surface area contributed by atoms with Crippen molar-refractivity contribution in [1.29, 1.82) is 0 Å². The van der Waals surface area contributed by atoms with Gasteiger partial charge in [-0.15, -0.1) is 0 Å². The van der Waals surface area contributed by atoms with E-state index < -0.39 is 4.92 Å². The molecule has 1 amide bonds. The van der Waals surface area contributed by atoms with Crippen LogP contribution >= 0.6 is 0 Å². The second kappa shape index (κ2) is 8.88. The van der Waals surface area contributed by atoms with Crippen LogP contribution in [0.2, 0.25) is 0 Å². The zero-order valence-electron chi connectivity index (χ0n) is 18.3. The average molecular weight is 435 g/mol. The monoisotopic (exact) mass is 435 g/mol. The highest BCUT2D eigenvalue weighted by atomic mass is 16.6. The average Bonchev–Trinajstić information content (AvgIpc) is 3.28. The standard InChI is InChI=1S/C23H25N5O4/c1-15-4-6-18(7-5-15)21-24-22(32-25-21)17(3)26-10-12-27(13-11-26)23(29)19-8-9-20(28(30)31)16(2)14-19/h4-9,14,17H,10-13H2,1-3H3. The molecule has 0 saturated carbocycles. The fraction of sp³-hybridized carbons (Fsp3) is 0.348. The molecule has 9 nitrogen and oxygen atoms in total. The van der Waals surface area contributed by atoms with Gasteiger partial charge in [0.05, 0.1) is 11.0 Å². The second-order valence-corrected chi connectivity index (χ2v) is 8.08. The molecule has 2 aromatic carbocycles. The fourth-order valence-corrected chi connectivity index (χ4v) is 3.87. The van der Waals surface area contributed by atoms with Crippen LogP contribution in [0.4, 0.5) is 5.69 Å². The zero-order chi connectivity index (χ0) is 22.8. The predicted molar refractivity (Wildman–Crippen MR) is 118 cm³/mol. The van der Waals surface area contributed by atoms with E-state index in [0.717, 1.165) is 5.56 Å². The predicted octanol–water partition coefficient (Wildman–Crippen LogP) is 3.78. The largest absolute Gasteiger partial charge is 0.337 e. The quantitative estimate of drug-likeness (QED) is 0.443. The van der Waals surface area contributed by atoms with Crippen molar-refractivity contribution >= 4 is 11.6 Å². The lowest BCUT2D eigenvalue weighted by molar-refractivity contribution is -0.385. The number of hydrogen-bond acceptors (Lipinski definition) is 7. The van der Waals surface area contributed by atoms with E-state index in [4.69, 9.17) is 4.52 Å². The highest BCUT2D eigenvalue weighted by molar-refractivity contribution is 5.94. The molecule has 32 heavy (non-hydrogen) atoms. The number of carbonyl (C=O) groups excluding carboxylic acids is 1. The molecule has 3 aromatic rings. The van der Waals surface area contributed by atoms with Crippen LogP contribution in [-0.4, -0.2) is 56.9 Å². The number of rotatable bonds is 5.